The van der Waals surface area contributed by atoms with E-state index < -0.39 is 11.5 Å². The number of carbonyl (C=O) groups is 2. The predicted octanol–water partition coefficient (Wildman–Crippen LogP) is 1.81. The third-order valence-electron chi connectivity index (χ3n) is 3.34. The van der Waals surface area contributed by atoms with E-state index in [1.807, 2.05) is 6.92 Å². The summed E-state index contributed by atoms with van der Waals surface area (Å²) in [7, 11) is 0. The van der Waals surface area contributed by atoms with Gasteiger partial charge in [-0.3, -0.25) is 4.79 Å². The average molecular weight is 225 g/mol. The van der Waals surface area contributed by atoms with Gasteiger partial charge in [-0.05, 0) is 25.7 Å². The van der Waals surface area contributed by atoms with E-state index >= 15 is 0 Å². The molecule has 0 aromatic heterocycles. The minimum Gasteiger partial charge on any atom is -0.479 e. The topological polar surface area (TPSA) is 57.6 Å². The second-order valence-electron chi connectivity index (χ2n) is 4.17. The number of carboxylic acids is 1. The molecule has 0 aromatic carbocycles. The number of carbonyl (C=O) groups excluding carboxylic acids is 1. The van der Waals surface area contributed by atoms with E-state index in [0.717, 1.165) is 6.42 Å². The SMILES string of the molecule is C=CCCC(=O)N1CCCC1(CC)C(=O)O. The number of aliphatic carboxylic acids is 1. The fourth-order valence-electron chi connectivity index (χ4n) is 2.34. The van der Waals surface area contributed by atoms with Crippen molar-refractivity contribution in [1.29, 1.82) is 0 Å². The first-order chi connectivity index (χ1) is 7.58. The van der Waals surface area contributed by atoms with Gasteiger partial charge in [0.05, 0.1) is 0 Å². The van der Waals surface area contributed by atoms with Gasteiger partial charge in [0.25, 0.3) is 0 Å². The monoisotopic (exact) mass is 225 g/mol. The smallest absolute Gasteiger partial charge is 0.329 e. The van der Waals surface area contributed by atoms with Crippen LogP contribution in [0, 0.1) is 0 Å². The summed E-state index contributed by atoms with van der Waals surface area (Å²) >= 11 is 0. The highest BCUT2D eigenvalue weighted by atomic mass is 16.4. The van der Waals surface area contributed by atoms with E-state index in [0.29, 0.717) is 32.2 Å². The minimum atomic E-state index is -0.960. The maximum absolute atomic E-state index is 11.9. The fraction of sp³-hybridized carbons (Fsp3) is 0.667. The average Bonchev–Trinajstić information content (AvgIpc) is 2.70. The molecule has 0 aromatic rings. The van der Waals surface area contributed by atoms with Crippen molar-refractivity contribution in [1.82, 2.24) is 4.90 Å². The lowest BCUT2D eigenvalue weighted by molar-refractivity contribution is -0.156. The summed E-state index contributed by atoms with van der Waals surface area (Å²) < 4.78 is 0. The Hall–Kier alpha value is -1.32. The Kier molecular flexibility index (Phi) is 4.10. The number of amides is 1. The molecule has 0 aliphatic carbocycles. The van der Waals surface area contributed by atoms with Crippen molar-refractivity contribution in [3.05, 3.63) is 12.7 Å². The summed E-state index contributed by atoms with van der Waals surface area (Å²) in [5.74, 6) is -0.943. The van der Waals surface area contributed by atoms with Crippen LogP contribution in [0.4, 0.5) is 0 Å². The molecule has 1 atom stereocenters. The van der Waals surface area contributed by atoms with Gasteiger partial charge in [0.2, 0.25) is 5.91 Å². The van der Waals surface area contributed by atoms with Crippen LogP contribution in [0.3, 0.4) is 0 Å². The molecule has 0 spiro atoms. The van der Waals surface area contributed by atoms with Crippen molar-refractivity contribution in [3.8, 4) is 0 Å². The van der Waals surface area contributed by atoms with Gasteiger partial charge < -0.3 is 10.0 Å². The van der Waals surface area contributed by atoms with Gasteiger partial charge in [-0.15, -0.1) is 6.58 Å². The summed E-state index contributed by atoms with van der Waals surface area (Å²) in [6.07, 6.45) is 4.47. The lowest BCUT2D eigenvalue weighted by Gasteiger charge is -2.33. The molecule has 1 aliphatic rings. The second-order valence-corrected chi connectivity index (χ2v) is 4.17. The first kappa shape index (κ1) is 12.7. The van der Waals surface area contributed by atoms with Crippen LogP contribution < -0.4 is 0 Å². The van der Waals surface area contributed by atoms with Crippen LogP contribution in [0.15, 0.2) is 12.7 Å². The molecule has 0 saturated carbocycles. The molecule has 1 N–H and O–H groups in total. The molecule has 1 rings (SSSR count). The van der Waals surface area contributed by atoms with Crippen LogP contribution >= 0.6 is 0 Å². The Morgan fingerprint density at radius 1 is 1.56 bits per heavy atom. The molecule has 1 fully saturated rings. The van der Waals surface area contributed by atoms with Crippen molar-refractivity contribution in [2.24, 2.45) is 0 Å². The molecule has 4 heteroatoms. The molecular weight excluding hydrogens is 206 g/mol. The zero-order valence-corrected chi connectivity index (χ0v) is 9.74. The van der Waals surface area contributed by atoms with Crippen LogP contribution in [0.2, 0.25) is 0 Å². The Morgan fingerprint density at radius 3 is 2.75 bits per heavy atom. The highest BCUT2D eigenvalue weighted by Crippen LogP contribution is 2.33. The molecule has 0 radical (unpaired) electrons. The van der Waals surface area contributed by atoms with E-state index in [4.69, 9.17) is 0 Å². The number of nitrogens with zero attached hydrogens (tertiary/aromatic N) is 1. The molecule has 16 heavy (non-hydrogen) atoms. The van der Waals surface area contributed by atoms with Crippen LogP contribution in [0.5, 0.6) is 0 Å². The molecule has 1 aliphatic heterocycles. The Morgan fingerprint density at radius 2 is 2.25 bits per heavy atom. The second kappa shape index (κ2) is 5.14. The molecule has 90 valence electrons. The zero-order chi connectivity index (χ0) is 12.2. The number of rotatable bonds is 5. The van der Waals surface area contributed by atoms with E-state index in [2.05, 4.69) is 6.58 Å². The van der Waals surface area contributed by atoms with Crippen molar-refractivity contribution in [2.45, 2.75) is 44.6 Å². The summed E-state index contributed by atoms with van der Waals surface area (Å²) in [4.78, 5) is 24.8. The van der Waals surface area contributed by atoms with Gasteiger partial charge in [-0.25, -0.2) is 4.79 Å². The van der Waals surface area contributed by atoms with E-state index in [1.54, 1.807) is 11.0 Å². The van der Waals surface area contributed by atoms with Crippen molar-refractivity contribution in [3.63, 3.8) is 0 Å². The molecule has 1 amide bonds. The van der Waals surface area contributed by atoms with Crippen LogP contribution in [0.1, 0.15) is 39.0 Å². The van der Waals surface area contributed by atoms with Gasteiger partial charge in [0.1, 0.15) is 5.54 Å². The lowest BCUT2D eigenvalue weighted by Crippen LogP contribution is -2.52. The van der Waals surface area contributed by atoms with E-state index in [-0.39, 0.29) is 5.91 Å². The standard InChI is InChI=1S/C12H19NO3/c1-3-5-7-10(14)13-9-6-8-12(13,4-2)11(15)16/h3H,1,4-9H2,2H3,(H,15,16). The third kappa shape index (κ3) is 2.10. The molecule has 1 heterocycles. The maximum atomic E-state index is 11.9. The first-order valence-electron chi connectivity index (χ1n) is 5.73. The molecule has 0 bridgehead atoms. The number of carboxylic acid groups (broad SMARTS) is 1. The highest BCUT2D eigenvalue weighted by Gasteiger charge is 2.47. The van der Waals surface area contributed by atoms with Gasteiger partial charge in [-0.2, -0.15) is 0 Å². The summed E-state index contributed by atoms with van der Waals surface area (Å²) in [6.45, 7) is 5.96. The number of allylic oxidation sites excluding steroid dienone is 1. The van der Waals surface area contributed by atoms with Crippen molar-refractivity contribution in [2.75, 3.05) is 6.54 Å². The maximum Gasteiger partial charge on any atom is 0.329 e. The quantitative estimate of drug-likeness (QED) is 0.726. The van der Waals surface area contributed by atoms with Crippen LogP contribution in [-0.4, -0.2) is 34.0 Å². The Balaban J connectivity index is 2.81. The van der Waals surface area contributed by atoms with Crippen molar-refractivity contribution < 1.29 is 14.7 Å². The molecule has 1 saturated heterocycles. The van der Waals surface area contributed by atoms with Gasteiger partial charge >= 0.3 is 5.97 Å². The predicted molar refractivity (Wildman–Crippen MR) is 61.0 cm³/mol. The molecular formula is C12H19NO3. The summed E-state index contributed by atoms with van der Waals surface area (Å²) in [5, 5.41) is 9.29. The van der Waals surface area contributed by atoms with Crippen LogP contribution in [-0.2, 0) is 9.59 Å². The third-order valence-corrected chi connectivity index (χ3v) is 3.34. The van der Waals surface area contributed by atoms with E-state index in [1.165, 1.54) is 0 Å². The highest BCUT2D eigenvalue weighted by molar-refractivity contribution is 5.87. The number of hydrogen-bond acceptors (Lipinski definition) is 2. The largest absolute Gasteiger partial charge is 0.479 e. The normalized spacial score (nSPS) is 24.4. The zero-order valence-electron chi connectivity index (χ0n) is 9.74. The molecule has 1 unspecified atom stereocenters. The Bertz CT molecular complexity index is 301. The number of likely N-dealkylation sites (tertiary alicyclic amines) is 1. The number of hydrogen-bond donors (Lipinski definition) is 1. The Labute approximate surface area is 95.9 Å². The summed E-state index contributed by atoms with van der Waals surface area (Å²) in [6, 6.07) is 0. The van der Waals surface area contributed by atoms with Crippen LogP contribution in [0.25, 0.3) is 0 Å². The van der Waals surface area contributed by atoms with E-state index in [9.17, 15) is 14.7 Å². The fourth-order valence-corrected chi connectivity index (χ4v) is 2.34. The first-order valence-corrected chi connectivity index (χ1v) is 5.73. The molecule has 4 nitrogen and oxygen atoms in total. The van der Waals surface area contributed by atoms with Gasteiger partial charge in [-0.1, -0.05) is 13.0 Å². The lowest BCUT2D eigenvalue weighted by atomic mass is 9.92. The minimum absolute atomic E-state index is 0.0679. The van der Waals surface area contributed by atoms with Crippen molar-refractivity contribution >= 4 is 11.9 Å². The van der Waals surface area contributed by atoms with Gasteiger partial charge in [0, 0.05) is 13.0 Å². The van der Waals surface area contributed by atoms with Gasteiger partial charge in [0.15, 0.2) is 0 Å². The summed E-state index contributed by atoms with van der Waals surface area (Å²) in [5.41, 5.74) is -0.960.